The van der Waals surface area contributed by atoms with Crippen molar-refractivity contribution in [1.29, 1.82) is 0 Å². The summed E-state index contributed by atoms with van der Waals surface area (Å²) in [4.78, 5) is 28.6. The van der Waals surface area contributed by atoms with E-state index in [-0.39, 0.29) is 43.5 Å². The molecule has 1 saturated heterocycles. The Morgan fingerprint density at radius 3 is 2.43 bits per heavy atom. The van der Waals surface area contributed by atoms with E-state index >= 15 is 9.18 Å². The van der Waals surface area contributed by atoms with Crippen LogP contribution in [0.5, 0.6) is 0 Å². The molecule has 0 saturated carbocycles. The number of hydrogen-bond acceptors (Lipinski definition) is 5. The quantitative estimate of drug-likeness (QED) is 0.0940. The minimum absolute atomic E-state index is 0.0898. The Balaban J connectivity index is 1.66. The lowest BCUT2D eigenvalue weighted by molar-refractivity contribution is -0.137. The minimum atomic E-state index is -4.71. The van der Waals surface area contributed by atoms with Gasteiger partial charge < -0.3 is 19.1 Å². The van der Waals surface area contributed by atoms with Crippen molar-refractivity contribution in [2.75, 3.05) is 33.1 Å². The predicted octanol–water partition coefficient (Wildman–Crippen LogP) is 8.71. The second-order valence-electron chi connectivity index (χ2n) is 11.2. The number of carbonyl (C=O) groups excluding carboxylic acids is 1. The van der Waals surface area contributed by atoms with Crippen LogP contribution in [0.25, 0.3) is 22.0 Å². The van der Waals surface area contributed by atoms with Gasteiger partial charge in [0.25, 0.3) is 0 Å². The summed E-state index contributed by atoms with van der Waals surface area (Å²) >= 11 is 0.183. The van der Waals surface area contributed by atoms with Gasteiger partial charge in [-0.3, -0.25) is 9.59 Å². The Labute approximate surface area is 337 Å². The first kappa shape index (κ1) is 20.2. The first-order valence-corrected chi connectivity index (χ1v) is 16.4. The molecule has 1 aromatic heterocycles. The van der Waals surface area contributed by atoms with Crippen LogP contribution < -0.4 is 5.43 Å². The average molecular weight is 770 g/mol. The predicted molar refractivity (Wildman–Crippen MR) is 198 cm³/mol. The van der Waals surface area contributed by atoms with Crippen LogP contribution in [0, 0.1) is 18.6 Å². The van der Waals surface area contributed by atoms with E-state index in [0.717, 1.165) is 61.5 Å². The van der Waals surface area contributed by atoms with Gasteiger partial charge in [0.05, 0.1) is 36.4 Å². The fraction of sp³-hybridized carbons (Fsp3) is 0.317. The zero-order valence-corrected chi connectivity index (χ0v) is 28.2. The summed E-state index contributed by atoms with van der Waals surface area (Å²) in [6.45, 7) is -18.9. The maximum Gasteiger partial charge on any atom is 0.416 e. The Morgan fingerprint density at radius 1 is 1.06 bits per heavy atom. The van der Waals surface area contributed by atoms with Crippen LogP contribution in [-0.2, 0) is 34.5 Å². The molecule has 1 aliphatic heterocycles. The molecule has 6 nitrogen and oxygen atoms in total. The molecule has 0 N–H and O–H groups in total. The highest BCUT2D eigenvalue weighted by Gasteiger charge is 2.31. The molecule has 6 rings (SSSR count). The smallest absolute Gasteiger partial charge is 0.383 e. The maximum atomic E-state index is 15.6. The van der Waals surface area contributed by atoms with E-state index in [1.165, 1.54) is 12.1 Å². The first-order chi connectivity index (χ1) is 33.1. The van der Waals surface area contributed by atoms with Gasteiger partial charge in [-0.2, -0.15) is 13.2 Å². The highest BCUT2D eigenvalue weighted by molar-refractivity contribution is 7.98. The number of piperidine rings is 1. The lowest BCUT2D eigenvalue weighted by Crippen LogP contribution is -2.48. The lowest BCUT2D eigenvalue weighted by atomic mass is 10.00. The van der Waals surface area contributed by atoms with Crippen molar-refractivity contribution in [3.8, 4) is 11.1 Å². The van der Waals surface area contributed by atoms with E-state index in [9.17, 15) is 32.0 Å². The van der Waals surface area contributed by atoms with Crippen molar-refractivity contribution in [3.05, 3.63) is 135 Å². The molecule has 0 aliphatic carbocycles. The van der Waals surface area contributed by atoms with E-state index in [1.54, 1.807) is 0 Å². The number of aromatic nitrogens is 1. The number of amides is 1. The van der Waals surface area contributed by atoms with E-state index in [0.29, 0.717) is 0 Å². The normalized spacial score (nSPS) is 24.9. The van der Waals surface area contributed by atoms with Gasteiger partial charge in [0, 0.05) is 75.5 Å². The molecule has 0 bridgehead atoms. The van der Waals surface area contributed by atoms with Crippen LogP contribution in [0.4, 0.5) is 22.0 Å². The van der Waals surface area contributed by atoms with Crippen LogP contribution in [0.2, 0.25) is 0 Å². The zero-order valence-electron chi connectivity index (χ0n) is 47.3. The number of carbonyl (C=O) groups is 1. The minimum Gasteiger partial charge on any atom is -0.383 e. The lowest BCUT2D eigenvalue weighted by Gasteiger charge is -2.39. The van der Waals surface area contributed by atoms with Crippen molar-refractivity contribution in [2.45, 2.75) is 55.7 Å². The third-order valence-corrected chi connectivity index (χ3v) is 8.63. The number of thioether (sulfide) groups is 1. The number of alkyl halides is 3. The summed E-state index contributed by atoms with van der Waals surface area (Å²) in [5, 5.41) is -1.97. The molecule has 1 aliphatic rings. The highest BCUT2D eigenvalue weighted by Crippen LogP contribution is 2.32. The molecule has 0 radical (unpaired) electrons. The van der Waals surface area contributed by atoms with Crippen LogP contribution in [0.1, 0.15) is 62.4 Å². The number of benzene rings is 4. The van der Waals surface area contributed by atoms with E-state index in [2.05, 4.69) is 4.74 Å². The topological polar surface area (TPSA) is 54.8 Å². The molecular formula is C41H40F5N3O3S. The van der Waals surface area contributed by atoms with Gasteiger partial charge in [-0.05, 0) is 66.6 Å². The monoisotopic (exact) mass is 769 g/mol. The van der Waals surface area contributed by atoms with Gasteiger partial charge in [-0.25, -0.2) is 8.78 Å². The second-order valence-corrected chi connectivity index (χ2v) is 12.2. The molecule has 12 heteroatoms. The zero-order chi connectivity index (χ0) is 55.4. The standard InChI is InChI=1S/C41H40F5N3O3S/c1-27-6-15-36-34(22-27)37(50)23-39(53-26-31-4-3-5-35(42)40(31)43)49(36)25-38(51)48(33-16-18-47(19-17-33)20-21-52-2)24-28-7-9-29(10-8-28)30-11-13-32(14-12-30)41(44,45)46/h3-15,22-23,33H,16-21,24-26H2,1-2H3/i2D3,6D,15D,16D2,17D2,18D2,19D2,20D2,22D,23D,25D2,33D. The van der Waals surface area contributed by atoms with Crippen molar-refractivity contribution >= 4 is 28.6 Å². The number of nitrogens with zero attached hydrogens (tertiary/aromatic N) is 3. The van der Waals surface area contributed by atoms with Gasteiger partial charge in [-0.15, -0.1) is 11.8 Å². The second kappa shape index (κ2) is 16.7. The molecular weight excluding hydrogens is 710 g/mol. The molecule has 0 spiro atoms. The van der Waals surface area contributed by atoms with Crippen LogP contribution >= 0.6 is 11.8 Å². The fourth-order valence-corrected chi connectivity index (χ4v) is 5.93. The van der Waals surface area contributed by atoms with Crippen molar-refractivity contribution in [1.82, 2.24) is 14.4 Å². The Morgan fingerprint density at radius 2 is 1.75 bits per heavy atom. The Kier molecular flexibility index (Phi) is 6.36. The number of halogens is 5. The first-order valence-electron chi connectivity index (χ1n) is 25.4. The van der Waals surface area contributed by atoms with Crippen molar-refractivity contribution in [2.24, 2.45) is 0 Å². The van der Waals surface area contributed by atoms with Crippen LogP contribution in [0.15, 0.2) is 101 Å². The van der Waals surface area contributed by atoms with E-state index in [4.69, 9.17) is 17.8 Å². The molecule has 1 fully saturated rings. The van der Waals surface area contributed by atoms with E-state index < -0.39 is 156 Å². The van der Waals surface area contributed by atoms with Crippen LogP contribution in [-0.4, -0.2) is 59.4 Å². The number of likely N-dealkylation sites (tertiary alicyclic amines) is 1. The summed E-state index contributed by atoms with van der Waals surface area (Å²) in [7, 11) is -3.44. The fourth-order valence-electron chi connectivity index (χ4n) is 4.99. The number of rotatable bonds is 12. The third kappa shape index (κ3) is 9.17. The number of pyridine rings is 1. The molecule has 1 amide bonds. The Bertz CT molecular complexity index is 3020. The molecule has 5 aromatic rings. The molecule has 0 unspecified atom stereocenters. The molecule has 2 heterocycles. The highest BCUT2D eigenvalue weighted by atomic mass is 32.2. The average Bonchev–Trinajstić information content (AvgIpc) is 3.28. The van der Waals surface area contributed by atoms with Crippen LogP contribution in [0.3, 0.4) is 0 Å². The summed E-state index contributed by atoms with van der Waals surface area (Å²) < 4.78 is 250. The number of fused-ring (bicyclic) bond motifs is 1. The van der Waals surface area contributed by atoms with E-state index in [1.807, 2.05) is 0 Å². The summed E-state index contributed by atoms with van der Waals surface area (Å²) in [6.07, 6.45) is -13.7. The SMILES string of the molecule is [2H]c1c(C)c([2H])c2c(=O)c([2H])c(SCc3cccc(F)c3F)n(C([2H])([2H])C(=O)N(Cc3ccc(-c4ccc(C(F)(F)F)cc4)cc3)C3([2H])C([2H])([2H])C([2H])([2H])N(C([2H])([2H])COC([2H])([2H])[2H])C([2H])([2H])C3([2H])[2H])c2c1[2H]. The van der Waals surface area contributed by atoms with Gasteiger partial charge in [0.2, 0.25) is 5.91 Å². The molecule has 278 valence electrons. The largest absolute Gasteiger partial charge is 0.416 e. The van der Waals surface area contributed by atoms with Crippen molar-refractivity contribution < 1.29 is 58.9 Å². The van der Waals surface area contributed by atoms with Gasteiger partial charge in [0.15, 0.2) is 17.1 Å². The molecule has 0 atom stereocenters. The Hall–Kier alpha value is -4.52. The summed E-state index contributed by atoms with van der Waals surface area (Å²) in [5.41, 5.74) is -4.32. The van der Waals surface area contributed by atoms with Gasteiger partial charge >= 0.3 is 6.18 Å². The van der Waals surface area contributed by atoms with Crippen molar-refractivity contribution in [3.63, 3.8) is 0 Å². The maximum absolute atomic E-state index is 15.6. The molecule has 53 heavy (non-hydrogen) atoms. The molecule has 4 aromatic carbocycles. The summed E-state index contributed by atoms with van der Waals surface area (Å²) in [6, 6.07) is 2.55. The number of hydrogen-bond donors (Lipinski definition) is 0. The third-order valence-electron chi connectivity index (χ3n) is 7.62. The number of ether oxygens (including phenoxy) is 1. The summed E-state index contributed by atoms with van der Waals surface area (Å²) in [5.74, 6) is -5.95. The number of methoxy groups -OCH3 is 1. The van der Waals surface area contributed by atoms with Gasteiger partial charge in [-0.1, -0.05) is 60.1 Å². The van der Waals surface area contributed by atoms with Gasteiger partial charge in [0.1, 0.15) is 6.50 Å².